The second-order valence-electron chi connectivity index (χ2n) is 5.96. The molecule has 0 radical (unpaired) electrons. The van der Waals surface area contributed by atoms with E-state index in [0.29, 0.717) is 10.6 Å². The van der Waals surface area contributed by atoms with Gasteiger partial charge in [0, 0.05) is 10.9 Å². The SMILES string of the molecule is CCOC(=O)[C@]1(N)[C@H](c2cccc(Cl)c2)[C@H]1S(=O)(=O)c1ccccc1. The van der Waals surface area contributed by atoms with E-state index in [4.69, 9.17) is 22.1 Å². The van der Waals surface area contributed by atoms with Crippen molar-refractivity contribution in [3.8, 4) is 0 Å². The summed E-state index contributed by atoms with van der Waals surface area (Å²) in [6.45, 7) is 1.77. The number of hydrogen-bond acceptors (Lipinski definition) is 5. The molecule has 0 aliphatic heterocycles. The van der Waals surface area contributed by atoms with Gasteiger partial charge in [-0.25, -0.2) is 13.2 Å². The van der Waals surface area contributed by atoms with Crippen molar-refractivity contribution in [1.82, 2.24) is 0 Å². The van der Waals surface area contributed by atoms with E-state index < -0.39 is 32.5 Å². The third-order valence-corrected chi connectivity index (χ3v) is 6.92. The van der Waals surface area contributed by atoms with Gasteiger partial charge < -0.3 is 10.5 Å². The van der Waals surface area contributed by atoms with E-state index in [1.807, 2.05) is 0 Å². The zero-order valence-electron chi connectivity index (χ0n) is 13.6. The predicted octanol–water partition coefficient (Wildman–Crippen LogP) is 2.54. The number of nitrogens with two attached hydrogens (primary N) is 1. The van der Waals surface area contributed by atoms with Gasteiger partial charge in [0.2, 0.25) is 0 Å². The highest BCUT2D eigenvalue weighted by Crippen LogP contribution is 2.56. The molecular formula is C18H18ClNO4S. The van der Waals surface area contributed by atoms with Crippen LogP contribution in [0.1, 0.15) is 18.4 Å². The van der Waals surface area contributed by atoms with Crippen LogP contribution in [0.4, 0.5) is 0 Å². The fraction of sp³-hybridized carbons (Fsp3) is 0.278. The lowest BCUT2D eigenvalue weighted by Crippen LogP contribution is -2.41. The lowest BCUT2D eigenvalue weighted by molar-refractivity contribution is -0.145. The second-order valence-corrected chi connectivity index (χ2v) is 8.47. The van der Waals surface area contributed by atoms with Crippen LogP contribution in [-0.2, 0) is 19.4 Å². The van der Waals surface area contributed by atoms with Crippen LogP contribution in [0.25, 0.3) is 0 Å². The van der Waals surface area contributed by atoms with E-state index in [-0.39, 0.29) is 11.5 Å². The quantitative estimate of drug-likeness (QED) is 0.807. The van der Waals surface area contributed by atoms with Crippen LogP contribution in [-0.4, -0.2) is 31.8 Å². The van der Waals surface area contributed by atoms with Gasteiger partial charge in [0.15, 0.2) is 9.84 Å². The standard InChI is InChI=1S/C18H18ClNO4S/c1-2-24-17(21)18(20)15(12-7-6-8-13(19)11-12)16(18)25(22,23)14-9-4-3-5-10-14/h3-11,15-16H,2,20H2,1H3/t15-,16-,18+/m1/s1. The van der Waals surface area contributed by atoms with Crippen LogP contribution >= 0.6 is 11.6 Å². The maximum atomic E-state index is 13.1. The molecule has 0 aromatic heterocycles. The fourth-order valence-electron chi connectivity index (χ4n) is 3.22. The topological polar surface area (TPSA) is 86.5 Å². The highest BCUT2D eigenvalue weighted by Gasteiger charge is 2.74. The Balaban J connectivity index is 2.08. The Morgan fingerprint density at radius 1 is 1.20 bits per heavy atom. The van der Waals surface area contributed by atoms with Crippen molar-refractivity contribution in [2.75, 3.05) is 6.61 Å². The van der Waals surface area contributed by atoms with Crippen molar-refractivity contribution in [2.24, 2.45) is 5.73 Å². The minimum atomic E-state index is -3.82. The molecule has 3 atom stereocenters. The number of rotatable bonds is 5. The number of sulfone groups is 1. The van der Waals surface area contributed by atoms with Crippen molar-refractivity contribution in [1.29, 1.82) is 0 Å². The van der Waals surface area contributed by atoms with Gasteiger partial charge in [0.05, 0.1) is 11.5 Å². The number of ether oxygens (including phenoxy) is 1. The van der Waals surface area contributed by atoms with Crippen molar-refractivity contribution in [3.63, 3.8) is 0 Å². The van der Waals surface area contributed by atoms with Crippen LogP contribution < -0.4 is 5.73 Å². The molecule has 1 aliphatic rings. The molecule has 5 nitrogen and oxygen atoms in total. The second kappa shape index (κ2) is 6.44. The zero-order chi connectivity index (χ0) is 18.2. The molecule has 0 saturated heterocycles. The van der Waals surface area contributed by atoms with Crippen LogP contribution in [0.3, 0.4) is 0 Å². The van der Waals surface area contributed by atoms with Crippen LogP contribution in [0.5, 0.6) is 0 Å². The highest BCUT2D eigenvalue weighted by molar-refractivity contribution is 7.92. The first kappa shape index (κ1) is 17.9. The molecule has 1 aliphatic carbocycles. The number of carbonyl (C=O) groups is 1. The number of esters is 1. The van der Waals surface area contributed by atoms with E-state index in [1.165, 1.54) is 12.1 Å². The molecule has 132 valence electrons. The summed E-state index contributed by atoms with van der Waals surface area (Å²) in [4.78, 5) is 12.6. The summed E-state index contributed by atoms with van der Waals surface area (Å²) in [6, 6.07) is 14.7. The summed E-state index contributed by atoms with van der Waals surface area (Å²) in [5.74, 6) is -1.43. The summed E-state index contributed by atoms with van der Waals surface area (Å²) < 4.78 is 31.2. The molecule has 2 aromatic rings. The molecule has 0 amide bonds. The minimum Gasteiger partial charge on any atom is -0.465 e. The van der Waals surface area contributed by atoms with Crippen molar-refractivity contribution in [3.05, 3.63) is 65.2 Å². The van der Waals surface area contributed by atoms with E-state index in [9.17, 15) is 13.2 Å². The maximum absolute atomic E-state index is 13.1. The zero-order valence-corrected chi connectivity index (χ0v) is 15.1. The van der Waals surface area contributed by atoms with E-state index in [0.717, 1.165) is 0 Å². The first-order valence-corrected chi connectivity index (χ1v) is 9.76. The molecule has 2 aromatic carbocycles. The van der Waals surface area contributed by atoms with Gasteiger partial charge in [-0.05, 0) is 36.8 Å². The Hall–Kier alpha value is -1.89. The molecule has 3 rings (SSSR count). The smallest absolute Gasteiger partial charge is 0.328 e. The number of halogens is 1. The molecule has 0 spiro atoms. The van der Waals surface area contributed by atoms with Gasteiger partial charge in [-0.1, -0.05) is 41.9 Å². The van der Waals surface area contributed by atoms with Gasteiger partial charge in [-0.15, -0.1) is 0 Å². The van der Waals surface area contributed by atoms with Gasteiger partial charge in [0.25, 0.3) is 0 Å². The Labute approximate surface area is 151 Å². The summed E-state index contributed by atoms with van der Waals surface area (Å²) in [5, 5.41) is -0.647. The molecule has 1 saturated carbocycles. The normalized spacial score (nSPS) is 25.4. The number of hydrogen-bond donors (Lipinski definition) is 1. The Morgan fingerprint density at radius 3 is 2.48 bits per heavy atom. The van der Waals surface area contributed by atoms with Crippen molar-refractivity contribution < 1.29 is 17.9 Å². The molecule has 25 heavy (non-hydrogen) atoms. The van der Waals surface area contributed by atoms with Crippen LogP contribution in [0, 0.1) is 0 Å². The fourth-order valence-corrected chi connectivity index (χ4v) is 5.66. The Kier molecular flexibility index (Phi) is 4.62. The molecule has 7 heteroatoms. The molecule has 0 bridgehead atoms. The third-order valence-electron chi connectivity index (χ3n) is 4.42. The molecule has 0 heterocycles. The van der Waals surface area contributed by atoms with Gasteiger partial charge in [-0.3, -0.25) is 0 Å². The van der Waals surface area contributed by atoms with E-state index in [1.54, 1.807) is 49.4 Å². The van der Waals surface area contributed by atoms with Gasteiger partial charge in [-0.2, -0.15) is 0 Å². The summed E-state index contributed by atoms with van der Waals surface area (Å²) in [7, 11) is -3.82. The lowest BCUT2D eigenvalue weighted by atomic mass is 10.1. The number of carbonyl (C=O) groups excluding carboxylic acids is 1. The van der Waals surface area contributed by atoms with Crippen LogP contribution in [0.15, 0.2) is 59.5 Å². The highest BCUT2D eigenvalue weighted by atomic mass is 35.5. The first-order valence-electron chi connectivity index (χ1n) is 7.84. The van der Waals surface area contributed by atoms with Crippen molar-refractivity contribution in [2.45, 2.75) is 28.5 Å². The van der Waals surface area contributed by atoms with Crippen LogP contribution in [0.2, 0.25) is 5.02 Å². The molecular weight excluding hydrogens is 362 g/mol. The summed E-state index contributed by atoms with van der Waals surface area (Å²) in [5.41, 5.74) is 5.25. The number of benzene rings is 2. The average Bonchev–Trinajstić information content (AvgIpc) is 3.24. The molecule has 2 N–H and O–H groups in total. The summed E-state index contributed by atoms with van der Waals surface area (Å²) >= 11 is 6.02. The first-order chi connectivity index (χ1) is 11.8. The predicted molar refractivity (Wildman–Crippen MR) is 95.2 cm³/mol. The van der Waals surface area contributed by atoms with E-state index in [2.05, 4.69) is 0 Å². The maximum Gasteiger partial charge on any atom is 0.328 e. The monoisotopic (exact) mass is 379 g/mol. The molecule has 1 fully saturated rings. The lowest BCUT2D eigenvalue weighted by Gasteiger charge is -2.11. The molecule has 0 unspecified atom stereocenters. The average molecular weight is 380 g/mol. The third kappa shape index (κ3) is 2.94. The minimum absolute atomic E-state index is 0.123. The van der Waals surface area contributed by atoms with Crippen molar-refractivity contribution >= 4 is 27.4 Å². The Bertz CT molecular complexity index is 900. The largest absolute Gasteiger partial charge is 0.465 e. The van der Waals surface area contributed by atoms with Gasteiger partial charge in [0.1, 0.15) is 10.8 Å². The summed E-state index contributed by atoms with van der Waals surface area (Å²) in [6.07, 6.45) is 0. The van der Waals surface area contributed by atoms with E-state index >= 15 is 0 Å². The van der Waals surface area contributed by atoms with Gasteiger partial charge >= 0.3 is 5.97 Å². The Morgan fingerprint density at radius 2 is 1.88 bits per heavy atom.